The molecule has 0 radical (unpaired) electrons. The van der Waals surface area contributed by atoms with E-state index in [4.69, 9.17) is 0 Å². The first-order valence-corrected chi connectivity index (χ1v) is 7.74. The molecule has 2 aromatic rings. The Morgan fingerprint density at radius 3 is 2.43 bits per heavy atom. The molecular weight excluding hydrogens is 258 g/mol. The largest absolute Gasteiger partial charge is 0.380 e. The van der Waals surface area contributed by atoms with E-state index in [0.717, 1.165) is 12.2 Å². The predicted octanol–water partition coefficient (Wildman–Crippen LogP) is 4.87. The molecule has 0 amide bonds. The molecule has 3 heteroatoms. The minimum Gasteiger partial charge on any atom is -0.380 e. The number of anilines is 1. The van der Waals surface area contributed by atoms with Crippen LogP contribution in [0.15, 0.2) is 43.0 Å². The Morgan fingerprint density at radius 1 is 1.05 bits per heavy atom. The first kappa shape index (κ1) is 17.2. The number of pyridine rings is 2. The lowest BCUT2D eigenvalue weighted by Crippen LogP contribution is -2.05. The highest BCUT2D eigenvalue weighted by Crippen LogP contribution is 2.24. The van der Waals surface area contributed by atoms with E-state index in [1.54, 1.807) is 6.20 Å². The van der Waals surface area contributed by atoms with Gasteiger partial charge in [-0.25, -0.2) is 0 Å². The molecule has 0 saturated carbocycles. The lowest BCUT2D eigenvalue weighted by molar-refractivity contribution is 0.534. The molecule has 2 aromatic heterocycles. The third kappa shape index (κ3) is 5.54. The van der Waals surface area contributed by atoms with Crippen molar-refractivity contribution in [1.29, 1.82) is 0 Å². The van der Waals surface area contributed by atoms with Crippen LogP contribution in [0.5, 0.6) is 0 Å². The van der Waals surface area contributed by atoms with Crippen molar-refractivity contribution in [3.63, 3.8) is 0 Å². The maximum atomic E-state index is 4.32. The molecule has 0 aliphatic carbocycles. The van der Waals surface area contributed by atoms with Gasteiger partial charge < -0.3 is 5.32 Å². The molecule has 1 atom stereocenters. The second-order valence-electron chi connectivity index (χ2n) is 5.25. The Kier molecular flexibility index (Phi) is 7.44. The summed E-state index contributed by atoms with van der Waals surface area (Å²) in [6, 6.07) is 6.20. The summed E-state index contributed by atoms with van der Waals surface area (Å²) in [4.78, 5) is 8.43. The van der Waals surface area contributed by atoms with Crippen LogP contribution in [0, 0.1) is 5.92 Å². The lowest BCUT2D eigenvalue weighted by Gasteiger charge is -2.16. The van der Waals surface area contributed by atoms with Gasteiger partial charge in [0.05, 0.1) is 5.69 Å². The molecule has 2 rings (SSSR count). The SMILES string of the molecule is CC.CC(C)C(C)c1cncc(NCc2cccnc2)c1. The van der Waals surface area contributed by atoms with E-state index in [1.807, 2.05) is 38.5 Å². The van der Waals surface area contributed by atoms with Gasteiger partial charge in [-0.2, -0.15) is 0 Å². The van der Waals surface area contributed by atoms with E-state index >= 15 is 0 Å². The summed E-state index contributed by atoms with van der Waals surface area (Å²) in [5.41, 5.74) is 3.52. The molecule has 2 heterocycles. The minimum atomic E-state index is 0.521. The fourth-order valence-corrected chi connectivity index (χ4v) is 1.90. The molecule has 1 N–H and O–H groups in total. The standard InChI is InChI=1S/C16H21N3.C2H6/c1-12(2)13(3)15-7-16(11-18-10-15)19-9-14-5-4-6-17-8-14;1-2/h4-8,10-13,19H,9H2,1-3H3;1-2H3. The van der Waals surface area contributed by atoms with Crippen LogP contribution in [0.3, 0.4) is 0 Å². The Labute approximate surface area is 128 Å². The van der Waals surface area contributed by atoms with Crippen LogP contribution in [-0.4, -0.2) is 9.97 Å². The maximum absolute atomic E-state index is 4.32. The van der Waals surface area contributed by atoms with E-state index in [1.165, 1.54) is 11.1 Å². The zero-order valence-corrected chi connectivity index (χ0v) is 13.8. The van der Waals surface area contributed by atoms with Crippen LogP contribution in [0.4, 0.5) is 5.69 Å². The minimum absolute atomic E-state index is 0.521. The smallest absolute Gasteiger partial charge is 0.0532 e. The van der Waals surface area contributed by atoms with Gasteiger partial charge in [-0.3, -0.25) is 9.97 Å². The van der Waals surface area contributed by atoms with E-state index < -0.39 is 0 Å². The van der Waals surface area contributed by atoms with Gasteiger partial charge in [0.1, 0.15) is 0 Å². The highest BCUT2D eigenvalue weighted by atomic mass is 14.9. The molecule has 0 spiro atoms. The molecule has 21 heavy (non-hydrogen) atoms. The van der Waals surface area contributed by atoms with Crippen LogP contribution in [-0.2, 0) is 6.54 Å². The molecule has 0 fully saturated rings. The topological polar surface area (TPSA) is 37.8 Å². The first-order valence-electron chi connectivity index (χ1n) is 7.74. The van der Waals surface area contributed by atoms with Crippen LogP contribution < -0.4 is 5.32 Å². The third-order valence-corrected chi connectivity index (χ3v) is 3.50. The average Bonchev–Trinajstić information content (AvgIpc) is 2.55. The average molecular weight is 285 g/mol. The summed E-state index contributed by atoms with van der Waals surface area (Å²) in [7, 11) is 0. The zero-order valence-electron chi connectivity index (χ0n) is 13.8. The van der Waals surface area contributed by atoms with E-state index in [-0.39, 0.29) is 0 Å². The molecular formula is C18H27N3. The third-order valence-electron chi connectivity index (χ3n) is 3.50. The number of nitrogens with zero attached hydrogens (tertiary/aromatic N) is 2. The van der Waals surface area contributed by atoms with Crippen LogP contribution in [0.25, 0.3) is 0 Å². The second-order valence-corrected chi connectivity index (χ2v) is 5.25. The van der Waals surface area contributed by atoms with Crippen molar-refractivity contribution in [2.24, 2.45) is 5.92 Å². The van der Waals surface area contributed by atoms with Crippen molar-refractivity contribution in [2.75, 3.05) is 5.32 Å². The Bertz CT molecular complexity index is 509. The van der Waals surface area contributed by atoms with Crippen molar-refractivity contribution < 1.29 is 0 Å². The molecule has 0 aliphatic heterocycles. The molecule has 0 aromatic carbocycles. The van der Waals surface area contributed by atoms with E-state index in [0.29, 0.717) is 11.8 Å². The van der Waals surface area contributed by atoms with Gasteiger partial charge in [0, 0.05) is 31.3 Å². The van der Waals surface area contributed by atoms with Gasteiger partial charge in [0.15, 0.2) is 0 Å². The fraction of sp³-hybridized carbons (Fsp3) is 0.444. The summed E-state index contributed by atoms with van der Waals surface area (Å²) >= 11 is 0. The Morgan fingerprint density at radius 2 is 1.81 bits per heavy atom. The summed E-state index contributed by atoms with van der Waals surface area (Å²) < 4.78 is 0. The van der Waals surface area contributed by atoms with Gasteiger partial charge >= 0.3 is 0 Å². The Hall–Kier alpha value is -1.90. The molecule has 0 bridgehead atoms. The second kappa shape index (κ2) is 9.11. The van der Waals surface area contributed by atoms with Gasteiger partial charge in [-0.15, -0.1) is 0 Å². The van der Waals surface area contributed by atoms with Crippen molar-refractivity contribution in [3.8, 4) is 0 Å². The molecule has 0 saturated heterocycles. The fourth-order valence-electron chi connectivity index (χ4n) is 1.90. The molecule has 1 unspecified atom stereocenters. The number of hydrogen-bond acceptors (Lipinski definition) is 3. The lowest BCUT2D eigenvalue weighted by atomic mass is 9.91. The number of hydrogen-bond donors (Lipinski definition) is 1. The summed E-state index contributed by atoms with van der Waals surface area (Å²) in [6.45, 7) is 11.5. The molecule has 0 aliphatic rings. The van der Waals surface area contributed by atoms with Gasteiger partial charge in [0.2, 0.25) is 0 Å². The number of nitrogens with one attached hydrogen (secondary N) is 1. The zero-order chi connectivity index (χ0) is 15.7. The van der Waals surface area contributed by atoms with Crippen molar-refractivity contribution in [3.05, 3.63) is 54.1 Å². The van der Waals surface area contributed by atoms with Gasteiger partial charge in [-0.05, 0) is 35.1 Å². The van der Waals surface area contributed by atoms with Crippen molar-refractivity contribution >= 4 is 5.69 Å². The summed E-state index contributed by atoms with van der Waals surface area (Å²) in [6.07, 6.45) is 7.49. The monoisotopic (exact) mass is 285 g/mol. The van der Waals surface area contributed by atoms with Gasteiger partial charge in [0.25, 0.3) is 0 Å². The van der Waals surface area contributed by atoms with E-state index in [2.05, 4.69) is 48.2 Å². The van der Waals surface area contributed by atoms with Crippen LogP contribution in [0.2, 0.25) is 0 Å². The highest BCUT2D eigenvalue weighted by molar-refractivity contribution is 5.44. The number of aromatic nitrogens is 2. The quantitative estimate of drug-likeness (QED) is 0.851. The Balaban J connectivity index is 0.00000106. The van der Waals surface area contributed by atoms with Gasteiger partial charge in [-0.1, -0.05) is 40.7 Å². The van der Waals surface area contributed by atoms with Crippen LogP contribution in [0.1, 0.15) is 51.7 Å². The molecule has 114 valence electrons. The van der Waals surface area contributed by atoms with Crippen molar-refractivity contribution in [2.45, 2.75) is 47.1 Å². The normalized spacial score (nSPS) is 11.5. The maximum Gasteiger partial charge on any atom is 0.0532 e. The number of rotatable bonds is 5. The first-order chi connectivity index (χ1) is 10.2. The summed E-state index contributed by atoms with van der Waals surface area (Å²) in [5, 5.41) is 3.39. The summed E-state index contributed by atoms with van der Waals surface area (Å²) in [5.74, 6) is 1.14. The molecule has 3 nitrogen and oxygen atoms in total. The van der Waals surface area contributed by atoms with E-state index in [9.17, 15) is 0 Å². The van der Waals surface area contributed by atoms with Crippen LogP contribution >= 0.6 is 0 Å². The van der Waals surface area contributed by atoms with Crippen molar-refractivity contribution in [1.82, 2.24) is 9.97 Å². The highest BCUT2D eigenvalue weighted by Gasteiger charge is 2.10. The predicted molar refractivity (Wildman–Crippen MR) is 90.4 cm³/mol.